The van der Waals surface area contributed by atoms with Gasteiger partial charge in [-0.25, -0.2) is 9.97 Å². The molecular formula is C29H34N6O3. The highest BCUT2D eigenvalue weighted by Crippen LogP contribution is 2.38. The maximum absolute atomic E-state index is 13.0. The Morgan fingerprint density at radius 1 is 0.947 bits per heavy atom. The maximum atomic E-state index is 13.0. The minimum atomic E-state index is -0.150. The molecule has 0 radical (unpaired) electrons. The van der Waals surface area contributed by atoms with E-state index in [0.717, 1.165) is 43.9 Å². The number of carbonyl (C=O) groups is 2. The van der Waals surface area contributed by atoms with Crippen molar-refractivity contribution in [2.45, 2.75) is 32.6 Å². The van der Waals surface area contributed by atoms with Crippen molar-refractivity contribution in [1.29, 1.82) is 0 Å². The third kappa shape index (κ3) is 5.93. The molecule has 3 aromatic rings. The summed E-state index contributed by atoms with van der Waals surface area (Å²) < 4.78 is 6.36. The normalized spacial score (nSPS) is 18.3. The summed E-state index contributed by atoms with van der Waals surface area (Å²) in [5.74, 6) is 2.00. The zero-order chi connectivity index (χ0) is 26.4. The average molecular weight is 515 g/mol. The lowest BCUT2D eigenvalue weighted by Crippen LogP contribution is -2.46. The van der Waals surface area contributed by atoms with Crippen LogP contribution in [0.4, 0.5) is 5.82 Å². The SMILES string of the molecule is Cc1nccc(N2CCCC3(CCN(C(=O)c4ccccn4)CC3)COc3ccccc3C(=O)NCC2)n1. The van der Waals surface area contributed by atoms with E-state index in [1.165, 1.54) is 0 Å². The van der Waals surface area contributed by atoms with Crippen molar-refractivity contribution in [3.63, 3.8) is 0 Å². The lowest BCUT2D eigenvalue weighted by Gasteiger charge is -2.42. The van der Waals surface area contributed by atoms with Crippen LogP contribution >= 0.6 is 0 Å². The Morgan fingerprint density at radius 3 is 2.55 bits per heavy atom. The number of anilines is 1. The molecule has 1 aromatic carbocycles. The number of aromatic nitrogens is 3. The maximum Gasteiger partial charge on any atom is 0.272 e. The largest absolute Gasteiger partial charge is 0.492 e. The third-order valence-corrected chi connectivity index (χ3v) is 7.55. The van der Waals surface area contributed by atoms with Crippen molar-refractivity contribution in [2.24, 2.45) is 5.41 Å². The molecule has 0 bridgehead atoms. The summed E-state index contributed by atoms with van der Waals surface area (Å²) in [6.07, 6.45) is 6.97. The van der Waals surface area contributed by atoms with E-state index >= 15 is 0 Å². The smallest absolute Gasteiger partial charge is 0.272 e. The number of ether oxygens (including phenoxy) is 1. The fraction of sp³-hybridized carbons (Fsp3) is 0.414. The van der Waals surface area contributed by atoms with E-state index in [4.69, 9.17) is 4.74 Å². The average Bonchev–Trinajstić information content (AvgIpc) is 2.96. The zero-order valence-electron chi connectivity index (χ0n) is 21.8. The van der Waals surface area contributed by atoms with E-state index in [1.807, 2.05) is 48.2 Å². The first-order valence-electron chi connectivity index (χ1n) is 13.3. The van der Waals surface area contributed by atoms with Crippen LogP contribution in [0.5, 0.6) is 5.75 Å². The number of amides is 2. The Labute approximate surface area is 223 Å². The topological polar surface area (TPSA) is 101 Å². The quantitative estimate of drug-likeness (QED) is 0.559. The van der Waals surface area contributed by atoms with E-state index in [9.17, 15) is 9.59 Å². The molecule has 9 nitrogen and oxygen atoms in total. The molecule has 0 unspecified atom stereocenters. The van der Waals surface area contributed by atoms with Gasteiger partial charge in [-0.15, -0.1) is 0 Å². The first-order chi connectivity index (χ1) is 18.5. The lowest BCUT2D eigenvalue weighted by atomic mass is 9.75. The minimum absolute atomic E-state index is 0.0293. The van der Waals surface area contributed by atoms with Gasteiger partial charge in [-0.2, -0.15) is 0 Å². The van der Waals surface area contributed by atoms with Crippen LogP contribution in [0.1, 0.15) is 52.4 Å². The zero-order valence-corrected chi connectivity index (χ0v) is 21.8. The minimum Gasteiger partial charge on any atom is -0.492 e. The van der Waals surface area contributed by atoms with E-state index in [0.29, 0.717) is 49.8 Å². The van der Waals surface area contributed by atoms with Gasteiger partial charge in [0.25, 0.3) is 11.8 Å². The standard InChI is InChI=1S/C29H34N6O3/c1-22-30-15-10-26(33-22)34-17-6-11-29(12-18-35(19-13-29)28(37)24-8-4-5-14-31-24)21-38-25-9-3-2-7-23(25)27(36)32-16-20-34/h2-5,7-10,14-15H,6,11-13,16-21H2,1H3,(H,32,36). The summed E-state index contributed by atoms with van der Waals surface area (Å²) in [6.45, 7) is 5.62. The van der Waals surface area contributed by atoms with E-state index in [1.54, 1.807) is 24.5 Å². The predicted octanol–water partition coefficient (Wildman–Crippen LogP) is 3.51. The van der Waals surface area contributed by atoms with E-state index in [-0.39, 0.29) is 17.2 Å². The predicted molar refractivity (Wildman–Crippen MR) is 144 cm³/mol. The van der Waals surface area contributed by atoms with Crippen LogP contribution < -0.4 is 15.0 Å². The summed E-state index contributed by atoms with van der Waals surface area (Å²) in [4.78, 5) is 43.3. The number of pyridine rings is 1. The Kier molecular flexibility index (Phi) is 7.81. The number of nitrogens with zero attached hydrogens (tertiary/aromatic N) is 5. The Bertz CT molecular complexity index is 1260. The van der Waals surface area contributed by atoms with Gasteiger partial charge >= 0.3 is 0 Å². The summed E-state index contributed by atoms with van der Waals surface area (Å²) >= 11 is 0. The second-order valence-electron chi connectivity index (χ2n) is 10.1. The van der Waals surface area contributed by atoms with Crippen molar-refractivity contribution >= 4 is 17.6 Å². The highest BCUT2D eigenvalue weighted by Gasteiger charge is 2.37. The van der Waals surface area contributed by atoms with Gasteiger partial charge < -0.3 is 19.9 Å². The molecule has 1 N–H and O–H groups in total. The van der Waals surface area contributed by atoms with Gasteiger partial charge in [0.05, 0.1) is 12.2 Å². The summed E-state index contributed by atoms with van der Waals surface area (Å²) in [6, 6.07) is 14.7. The van der Waals surface area contributed by atoms with Gasteiger partial charge in [-0.3, -0.25) is 14.6 Å². The van der Waals surface area contributed by atoms with Crippen LogP contribution in [0, 0.1) is 12.3 Å². The van der Waals surface area contributed by atoms with E-state index < -0.39 is 0 Å². The summed E-state index contributed by atoms with van der Waals surface area (Å²) in [5.41, 5.74) is 0.908. The van der Waals surface area contributed by atoms with Gasteiger partial charge in [0.15, 0.2) is 0 Å². The fourth-order valence-corrected chi connectivity index (χ4v) is 5.32. The molecule has 4 heterocycles. The number of para-hydroxylation sites is 1. The molecule has 9 heteroatoms. The summed E-state index contributed by atoms with van der Waals surface area (Å²) in [7, 11) is 0. The molecule has 2 amide bonds. The molecule has 1 saturated heterocycles. The fourth-order valence-electron chi connectivity index (χ4n) is 5.32. The van der Waals surface area contributed by atoms with Crippen LogP contribution in [-0.2, 0) is 0 Å². The Balaban J connectivity index is 1.36. The number of likely N-dealkylation sites (tertiary alicyclic amines) is 1. The molecule has 38 heavy (non-hydrogen) atoms. The van der Waals surface area contributed by atoms with E-state index in [2.05, 4.69) is 25.2 Å². The number of fused-ring (bicyclic) bond motifs is 1. The molecule has 5 rings (SSSR count). The van der Waals surface area contributed by atoms with Gasteiger partial charge in [0.1, 0.15) is 23.1 Å². The number of aryl methyl sites for hydroxylation is 1. The number of hydrogen-bond acceptors (Lipinski definition) is 7. The van der Waals surface area contributed by atoms with Gasteiger partial charge in [0, 0.05) is 50.5 Å². The lowest BCUT2D eigenvalue weighted by molar-refractivity contribution is 0.0361. The number of rotatable bonds is 2. The van der Waals surface area contributed by atoms with Gasteiger partial charge in [-0.05, 0) is 62.9 Å². The van der Waals surface area contributed by atoms with Crippen molar-refractivity contribution in [2.75, 3.05) is 44.2 Å². The molecular weight excluding hydrogens is 480 g/mol. The van der Waals surface area contributed by atoms with Crippen LogP contribution in [0.25, 0.3) is 0 Å². The van der Waals surface area contributed by atoms with Crippen LogP contribution in [0.2, 0.25) is 0 Å². The van der Waals surface area contributed by atoms with Crippen molar-refractivity contribution < 1.29 is 14.3 Å². The third-order valence-electron chi connectivity index (χ3n) is 7.55. The molecule has 2 aliphatic rings. The second-order valence-corrected chi connectivity index (χ2v) is 10.1. The van der Waals surface area contributed by atoms with Crippen molar-refractivity contribution in [3.05, 3.63) is 78.0 Å². The Morgan fingerprint density at radius 2 is 1.76 bits per heavy atom. The number of piperidine rings is 1. The van der Waals surface area contributed by atoms with Crippen molar-refractivity contribution in [3.8, 4) is 5.75 Å². The highest BCUT2D eigenvalue weighted by atomic mass is 16.5. The molecule has 1 spiro atoms. The Hall–Kier alpha value is -4.01. The van der Waals surface area contributed by atoms with Crippen LogP contribution in [0.3, 0.4) is 0 Å². The molecule has 2 aliphatic heterocycles. The number of benzene rings is 1. The van der Waals surface area contributed by atoms with Crippen LogP contribution in [0.15, 0.2) is 60.9 Å². The number of carbonyl (C=O) groups excluding carboxylic acids is 2. The number of hydrogen-bond donors (Lipinski definition) is 1. The first kappa shape index (κ1) is 25.6. The first-order valence-corrected chi connectivity index (χ1v) is 13.3. The monoisotopic (exact) mass is 514 g/mol. The molecule has 198 valence electrons. The van der Waals surface area contributed by atoms with Gasteiger partial charge in [-0.1, -0.05) is 18.2 Å². The molecule has 2 aromatic heterocycles. The molecule has 1 fully saturated rings. The number of nitrogens with one attached hydrogen (secondary N) is 1. The summed E-state index contributed by atoms with van der Waals surface area (Å²) in [5, 5.41) is 3.04. The van der Waals surface area contributed by atoms with Gasteiger partial charge in [0.2, 0.25) is 0 Å². The molecule has 0 aliphatic carbocycles. The second kappa shape index (κ2) is 11.6. The van der Waals surface area contributed by atoms with Crippen LogP contribution in [-0.4, -0.2) is 71.0 Å². The highest BCUT2D eigenvalue weighted by molar-refractivity contribution is 5.97. The molecule has 0 atom stereocenters. The molecule has 0 saturated carbocycles. The van der Waals surface area contributed by atoms with Crippen molar-refractivity contribution in [1.82, 2.24) is 25.2 Å².